The number of nitrogens with zero attached hydrogens (tertiary/aromatic N) is 1. The number of rotatable bonds is 9. The highest BCUT2D eigenvalue weighted by molar-refractivity contribution is 7.92. The molecule has 2 aromatic carbocycles. The Kier molecular flexibility index (Phi) is 7.45. The van der Waals surface area contributed by atoms with Gasteiger partial charge in [-0.3, -0.25) is 9.52 Å². The molecule has 0 aliphatic carbocycles. The summed E-state index contributed by atoms with van der Waals surface area (Å²) < 4.78 is 57.5. The van der Waals surface area contributed by atoms with Crippen LogP contribution in [0.1, 0.15) is 24.2 Å². The molecular weight excluding hydrogens is 430 g/mol. The van der Waals surface area contributed by atoms with Gasteiger partial charge in [0.2, 0.25) is 20.0 Å². The third kappa shape index (κ3) is 5.71. The molecule has 0 bridgehead atoms. The molecule has 1 amide bonds. The molecule has 2 aromatic rings. The lowest BCUT2D eigenvalue weighted by Gasteiger charge is -2.17. The van der Waals surface area contributed by atoms with E-state index >= 15 is 0 Å². The molecule has 0 saturated heterocycles. The molecule has 0 saturated carbocycles. The van der Waals surface area contributed by atoms with Crippen LogP contribution in [0.25, 0.3) is 0 Å². The molecule has 30 heavy (non-hydrogen) atoms. The molecular formula is C19H25N3O6S2. The van der Waals surface area contributed by atoms with Crippen LogP contribution in [-0.2, 0) is 20.0 Å². The van der Waals surface area contributed by atoms with Gasteiger partial charge in [0.15, 0.2) is 0 Å². The van der Waals surface area contributed by atoms with Crippen molar-refractivity contribution >= 4 is 37.3 Å². The predicted octanol–water partition coefficient (Wildman–Crippen LogP) is 2.35. The number of carbonyl (C=O) groups excluding carboxylic acids is 1. The Balaban J connectivity index is 2.33. The number of hydrogen-bond donors (Lipinski definition) is 2. The molecule has 0 unspecified atom stereocenters. The first-order chi connectivity index (χ1) is 14.0. The highest BCUT2D eigenvalue weighted by Gasteiger charge is 2.23. The molecule has 0 fully saturated rings. The molecule has 0 spiro atoms. The highest BCUT2D eigenvalue weighted by Crippen LogP contribution is 2.29. The van der Waals surface area contributed by atoms with E-state index in [4.69, 9.17) is 4.74 Å². The number of carbonyl (C=O) groups is 1. The van der Waals surface area contributed by atoms with Gasteiger partial charge in [-0.1, -0.05) is 6.07 Å². The molecule has 0 aliphatic heterocycles. The van der Waals surface area contributed by atoms with Crippen molar-refractivity contribution in [3.8, 4) is 5.75 Å². The van der Waals surface area contributed by atoms with Crippen LogP contribution in [0.15, 0.2) is 47.4 Å². The first-order valence-electron chi connectivity index (χ1n) is 9.11. The molecule has 164 valence electrons. The van der Waals surface area contributed by atoms with E-state index in [1.165, 1.54) is 57.4 Å². The molecule has 11 heteroatoms. The van der Waals surface area contributed by atoms with Crippen LogP contribution in [0.2, 0.25) is 0 Å². The number of amides is 1. The number of benzene rings is 2. The van der Waals surface area contributed by atoms with Crippen LogP contribution in [-0.4, -0.2) is 53.5 Å². The number of nitrogens with one attached hydrogen (secondary N) is 2. The van der Waals surface area contributed by atoms with Crippen LogP contribution in [0.3, 0.4) is 0 Å². The molecule has 2 rings (SSSR count). The van der Waals surface area contributed by atoms with Crippen molar-refractivity contribution in [1.82, 2.24) is 4.31 Å². The summed E-state index contributed by atoms with van der Waals surface area (Å²) in [7, 11) is -4.48. The second-order valence-electron chi connectivity index (χ2n) is 6.42. The topological polar surface area (TPSA) is 122 Å². The molecule has 2 N–H and O–H groups in total. The first-order valence-corrected chi connectivity index (χ1v) is 12.2. The number of hydrogen-bond acceptors (Lipinski definition) is 6. The van der Waals surface area contributed by atoms with Gasteiger partial charge >= 0.3 is 0 Å². The average Bonchev–Trinajstić information content (AvgIpc) is 2.69. The van der Waals surface area contributed by atoms with Gasteiger partial charge in [0, 0.05) is 31.0 Å². The Labute approximate surface area is 177 Å². The summed E-state index contributed by atoms with van der Waals surface area (Å²) >= 11 is 0. The van der Waals surface area contributed by atoms with Crippen molar-refractivity contribution < 1.29 is 26.4 Å². The Morgan fingerprint density at radius 2 is 1.70 bits per heavy atom. The first kappa shape index (κ1) is 23.6. The summed E-state index contributed by atoms with van der Waals surface area (Å²) in [6.07, 6.45) is 0. The Morgan fingerprint density at radius 3 is 2.30 bits per heavy atom. The van der Waals surface area contributed by atoms with E-state index in [0.29, 0.717) is 0 Å². The second-order valence-corrected chi connectivity index (χ2v) is 10.6. The van der Waals surface area contributed by atoms with E-state index in [0.717, 1.165) is 4.31 Å². The normalized spacial score (nSPS) is 11.9. The van der Waals surface area contributed by atoms with Crippen molar-refractivity contribution in [1.29, 1.82) is 0 Å². The number of ether oxygens (including phenoxy) is 1. The average molecular weight is 456 g/mol. The molecule has 0 radical (unpaired) electrons. The fraction of sp³-hybridized carbons (Fsp3) is 0.316. The summed E-state index contributed by atoms with van der Waals surface area (Å²) in [6.45, 7) is 3.52. The smallest absolute Gasteiger partial charge is 0.255 e. The lowest BCUT2D eigenvalue weighted by molar-refractivity contribution is 0.102. The third-order valence-electron chi connectivity index (χ3n) is 4.04. The molecule has 9 nitrogen and oxygen atoms in total. The summed E-state index contributed by atoms with van der Waals surface area (Å²) in [5.41, 5.74) is 0.715. The van der Waals surface area contributed by atoms with Gasteiger partial charge in [-0.05, 0) is 50.2 Å². The maximum atomic E-state index is 12.6. The summed E-state index contributed by atoms with van der Waals surface area (Å²) in [6, 6.07) is 10.3. The number of sulfonamides is 2. The maximum absolute atomic E-state index is 12.6. The van der Waals surface area contributed by atoms with Crippen LogP contribution in [0, 0.1) is 0 Å². The Hall–Kier alpha value is -2.63. The van der Waals surface area contributed by atoms with E-state index in [9.17, 15) is 21.6 Å². The van der Waals surface area contributed by atoms with Gasteiger partial charge in [0.05, 0.1) is 12.4 Å². The lowest BCUT2D eigenvalue weighted by Crippen LogP contribution is -2.23. The van der Waals surface area contributed by atoms with E-state index in [2.05, 4.69) is 10.0 Å². The fourth-order valence-electron chi connectivity index (χ4n) is 2.44. The van der Waals surface area contributed by atoms with E-state index < -0.39 is 26.0 Å². The van der Waals surface area contributed by atoms with Crippen molar-refractivity contribution in [2.24, 2.45) is 0 Å². The maximum Gasteiger partial charge on any atom is 0.255 e. The van der Waals surface area contributed by atoms with Crippen LogP contribution < -0.4 is 14.8 Å². The van der Waals surface area contributed by atoms with Gasteiger partial charge in [-0.15, -0.1) is 0 Å². The molecule has 0 heterocycles. The summed E-state index contributed by atoms with van der Waals surface area (Å²) in [4.78, 5) is 12.6. The zero-order chi connectivity index (χ0) is 22.5. The molecule has 0 aromatic heterocycles. The molecule has 0 aliphatic rings. The largest absolute Gasteiger partial charge is 0.492 e. The van der Waals surface area contributed by atoms with E-state index in [1.54, 1.807) is 13.0 Å². The predicted molar refractivity (Wildman–Crippen MR) is 116 cm³/mol. The van der Waals surface area contributed by atoms with Gasteiger partial charge in [0.1, 0.15) is 10.6 Å². The van der Waals surface area contributed by atoms with Crippen molar-refractivity contribution in [2.45, 2.75) is 18.7 Å². The van der Waals surface area contributed by atoms with Crippen LogP contribution in [0.5, 0.6) is 5.75 Å². The lowest BCUT2D eigenvalue weighted by atomic mass is 10.2. The molecule has 0 atom stereocenters. The monoisotopic (exact) mass is 455 g/mol. The van der Waals surface area contributed by atoms with Crippen molar-refractivity contribution in [3.63, 3.8) is 0 Å². The van der Waals surface area contributed by atoms with Gasteiger partial charge < -0.3 is 10.1 Å². The van der Waals surface area contributed by atoms with Crippen LogP contribution in [0.4, 0.5) is 11.4 Å². The number of anilines is 2. The fourth-order valence-corrected chi connectivity index (χ4v) is 4.12. The zero-order valence-corrected chi connectivity index (χ0v) is 18.8. The van der Waals surface area contributed by atoms with E-state index in [1.807, 2.05) is 0 Å². The standard InChI is InChI=1S/C19H25N3O6S2/c1-5-28-17-11-10-15(13-18(17)30(26,27)22(3)4)20-19(23)14-8-7-9-16(12-14)21-29(24,25)6-2/h7-13,21H,5-6H2,1-4H3,(H,20,23). The second kappa shape index (κ2) is 9.45. The van der Waals surface area contributed by atoms with E-state index in [-0.39, 0.29) is 39.9 Å². The minimum atomic E-state index is -3.80. The highest BCUT2D eigenvalue weighted by atomic mass is 32.2. The third-order valence-corrected chi connectivity index (χ3v) is 7.18. The summed E-state index contributed by atoms with van der Waals surface area (Å²) in [5.74, 6) is -0.441. The van der Waals surface area contributed by atoms with Gasteiger partial charge in [-0.2, -0.15) is 0 Å². The quantitative estimate of drug-likeness (QED) is 0.599. The van der Waals surface area contributed by atoms with Crippen LogP contribution >= 0.6 is 0 Å². The van der Waals surface area contributed by atoms with Gasteiger partial charge in [0.25, 0.3) is 5.91 Å². The minimum Gasteiger partial charge on any atom is -0.492 e. The van der Waals surface area contributed by atoms with Crippen molar-refractivity contribution in [3.05, 3.63) is 48.0 Å². The Morgan fingerprint density at radius 1 is 1.00 bits per heavy atom. The summed E-state index contributed by atoms with van der Waals surface area (Å²) in [5, 5.41) is 2.63. The van der Waals surface area contributed by atoms with Gasteiger partial charge in [-0.25, -0.2) is 21.1 Å². The Bertz CT molecular complexity index is 1130. The zero-order valence-electron chi connectivity index (χ0n) is 17.2. The SMILES string of the molecule is CCOc1ccc(NC(=O)c2cccc(NS(=O)(=O)CC)c2)cc1S(=O)(=O)N(C)C. The minimum absolute atomic E-state index is 0.0726. The van der Waals surface area contributed by atoms with Crippen molar-refractivity contribution in [2.75, 3.05) is 36.5 Å².